The SMILES string of the molecule is C=CCNS(=O)(=O)c1ccc(C(=O)NCCSc2ccccc2)cc1. The van der Waals surface area contributed by atoms with Gasteiger partial charge in [0.25, 0.3) is 5.91 Å². The lowest BCUT2D eigenvalue weighted by Crippen LogP contribution is -2.26. The fraction of sp³-hybridized carbons (Fsp3) is 0.167. The molecule has 0 aliphatic heterocycles. The molecule has 25 heavy (non-hydrogen) atoms. The van der Waals surface area contributed by atoms with Crippen molar-refractivity contribution >= 4 is 27.7 Å². The Morgan fingerprint density at radius 3 is 2.40 bits per heavy atom. The Labute approximate surface area is 152 Å². The van der Waals surface area contributed by atoms with E-state index in [0.29, 0.717) is 12.1 Å². The zero-order valence-corrected chi connectivity index (χ0v) is 15.3. The van der Waals surface area contributed by atoms with Gasteiger partial charge in [-0.3, -0.25) is 4.79 Å². The van der Waals surface area contributed by atoms with Gasteiger partial charge in [-0.2, -0.15) is 0 Å². The van der Waals surface area contributed by atoms with E-state index in [4.69, 9.17) is 0 Å². The van der Waals surface area contributed by atoms with E-state index in [1.807, 2.05) is 30.3 Å². The van der Waals surface area contributed by atoms with Crippen LogP contribution in [0.4, 0.5) is 0 Å². The van der Waals surface area contributed by atoms with Crippen LogP contribution in [0.3, 0.4) is 0 Å². The highest BCUT2D eigenvalue weighted by Gasteiger charge is 2.13. The number of amides is 1. The predicted molar refractivity (Wildman–Crippen MR) is 101 cm³/mol. The summed E-state index contributed by atoms with van der Waals surface area (Å²) in [6, 6.07) is 15.8. The van der Waals surface area contributed by atoms with Crippen LogP contribution in [0.5, 0.6) is 0 Å². The average Bonchev–Trinajstić information content (AvgIpc) is 2.64. The molecule has 0 saturated heterocycles. The first kappa shape index (κ1) is 19.2. The maximum atomic E-state index is 12.1. The van der Waals surface area contributed by atoms with Crippen LogP contribution in [-0.4, -0.2) is 33.2 Å². The number of benzene rings is 2. The Bertz CT molecular complexity index is 804. The van der Waals surface area contributed by atoms with E-state index < -0.39 is 10.0 Å². The predicted octanol–water partition coefficient (Wildman–Crippen LogP) is 2.67. The molecule has 2 rings (SSSR count). The zero-order chi connectivity index (χ0) is 18.1. The van der Waals surface area contributed by atoms with Crippen molar-refractivity contribution in [2.24, 2.45) is 0 Å². The Morgan fingerprint density at radius 2 is 1.76 bits per heavy atom. The van der Waals surface area contributed by atoms with Gasteiger partial charge in [-0.15, -0.1) is 18.3 Å². The molecule has 0 atom stereocenters. The maximum absolute atomic E-state index is 12.1. The summed E-state index contributed by atoms with van der Waals surface area (Å²) in [6.07, 6.45) is 1.47. The lowest BCUT2D eigenvalue weighted by Gasteiger charge is -2.07. The highest BCUT2D eigenvalue weighted by Crippen LogP contribution is 2.16. The van der Waals surface area contributed by atoms with Gasteiger partial charge in [0.05, 0.1) is 4.90 Å². The van der Waals surface area contributed by atoms with Crippen LogP contribution in [0.25, 0.3) is 0 Å². The van der Waals surface area contributed by atoms with Gasteiger partial charge in [-0.1, -0.05) is 24.3 Å². The first-order chi connectivity index (χ1) is 12.0. The molecule has 0 saturated carbocycles. The minimum Gasteiger partial charge on any atom is -0.351 e. The number of rotatable bonds is 9. The molecule has 0 aromatic heterocycles. The molecule has 2 aromatic rings. The van der Waals surface area contributed by atoms with Crippen LogP contribution in [-0.2, 0) is 10.0 Å². The Balaban J connectivity index is 1.84. The van der Waals surface area contributed by atoms with Crippen LogP contribution in [0.15, 0.2) is 77.0 Å². The number of carbonyl (C=O) groups excluding carboxylic acids is 1. The highest BCUT2D eigenvalue weighted by atomic mass is 32.2. The fourth-order valence-corrected chi connectivity index (χ4v) is 3.78. The van der Waals surface area contributed by atoms with E-state index in [9.17, 15) is 13.2 Å². The topological polar surface area (TPSA) is 75.3 Å². The second-order valence-electron chi connectivity index (χ2n) is 5.08. The number of hydrogen-bond acceptors (Lipinski definition) is 4. The minimum atomic E-state index is -3.57. The van der Waals surface area contributed by atoms with Crippen molar-refractivity contribution in [1.29, 1.82) is 0 Å². The number of hydrogen-bond donors (Lipinski definition) is 2. The third kappa shape index (κ3) is 6.04. The Morgan fingerprint density at radius 1 is 1.08 bits per heavy atom. The van der Waals surface area contributed by atoms with Gasteiger partial charge >= 0.3 is 0 Å². The van der Waals surface area contributed by atoms with Gasteiger partial charge < -0.3 is 5.32 Å². The molecule has 0 radical (unpaired) electrons. The third-order valence-electron chi connectivity index (χ3n) is 3.24. The monoisotopic (exact) mass is 376 g/mol. The summed E-state index contributed by atoms with van der Waals surface area (Å²) in [5, 5.41) is 2.82. The molecule has 7 heteroatoms. The van der Waals surface area contributed by atoms with E-state index in [2.05, 4.69) is 16.6 Å². The van der Waals surface area contributed by atoms with Crippen LogP contribution in [0, 0.1) is 0 Å². The molecule has 0 bridgehead atoms. The Hall–Kier alpha value is -2.09. The Kier molecular flexibility index (Phi) is 7.24. The molecule has 0 aliphatic rings. The zero-order valence-electron chi connectivity index (χ0n) is 13.6. The molecule has 1 amide bonds. The largest absolute Gasteiger partial charge is 0.351 e. The summed E-state index contributed by atoms with van der Waals surface area (Å²) < 4.78 is 26.3. The van der Waals surface area contributed by atoms with E-state index in [1.165, 1.54) is 30.3 Å². The fourth-order valence-electron chi connectivity index (χ4n) is 1.99. The normalized spacial score (nSPS) is 11.0. The molecule has 0 unspecified atom stereocenters. The van der Waals surface area contributed by atoms with E-state index >= 15 is 0 Å². The quantitative estimate of drug-likeness (QED) is 0.401. The smallest absolute Gasteiger partial charge is 0.251 e. The minimum absolute atomic E-state index is 0.116. The van der Waals surface area contributed by atoms with Gasteiger partial charge in [-0.25, -0.2) is 13.1 Å². The second kappa shape index (κ2) is 9.41. The first-order valence-electron chi connectivity index (χ1n) is 7.69. The van der Waals surface area contributed by atoms with Gasteiger partial charge in [0.1, 0.15) is 0 Å². The summed E-state index contributed by atoms with van der Waals surface area (Å²) in [5.41, 5.74) is 0.424. The summed E-state index contributed by atoms with van der Waals surface area (Å²) in [4.78, 5) is 13.4. The van der Waals surface area contributed by atoms with Crippen LogP contribution < -0.4 is 10.0 Å². The van der Waals surface area contributed by atoms with E-state index in [0.717, 1.165) is 10.6 Å². The van der Waals surface area contributed by atoms with E-state index in [-0.39, 0.29) is 17.3 Å². The number of thioether (sulfide) groups is 1. The van der Waals surface area contributed by atoms with Gasteiger partial charge in [-0.05, 0) is 36.4 Å². The van der Waals surface area contributed by atoms with Crippen molar-refractivity contribution < 1.29 is 13.2 Å². The second-order valence-corrected chi connectivity index (χ2v) is 8.02. The van der Waals surface area contributed by atoms with Crippen LogP contribution in [0.2, 0.25) is 0 Å². The molecule has 5 nitrogen and oxygen atoms in total. The van der Waals surface area contributed by atoms with Crippen molar-refractivity contribution in [3.05, 3.63) is 72.8 Å². The molecular formula is C18H20N2O3S2. The molecule has 2 N–H and O–H groups in total. The molecule has 132 valence electrons. The standard InChI is InChI=1S/C18H20N2O3S2/c1-2-12-20-25(22,23)17-10-8-15(9-11-17)18(21)19-13-14-24-16-6-4-3-5-7-16/h2-11,20H,1,12-14H2,(H,19,21). The van der Waals surface area contributed by atoms with Gasteiger partial charge in [0.2, 0.25) is 10.0 Å². The molecule has 0 aliphatic carbocycles. The summed E-state index contributed by atoms with van der Waals surface area (Å²) in [7, 11) is -3.57. The lowest BCUT2D eigenvalue weighted by molar-refractivity contribution is 0.0956. The van der Waals surface area contributed by atoms with Crippen molar-refractivity contribution in [3.63, 3.8) is 0 Å². The summed E-state index contributed by atoms with van der Waals surface area (Å²) >= 11 is 1.66. The molecule has 0 spiro atoms. The summed E-state index contributed by atoms with van der Waals surface area (Å²) in [5.74, 6) is 0.532. The lowest BCUT2D eigenvalue weighted by atomic mass is 10.2. The van der Waals surface area contributed by atoms with E-state index in [1.54, 1.807) is 11.8 Å². The maximum Gasteiger partial charge on any atom is 0.251 e. The first-order valence-corrected chi connectivity index (χ1v) is 10.2. The molecule has 0 fully saturated rings. The number of nitrogens with one attached hydrogen (secondary N) is 2. The van der Waals surface area contributed by atoms with Crippen molar-refractivity contribution in [2.45, 2.75) is 9.79 Å². The van der Waals surface area contributed by atoms with Gasteiger partial charge in [0.15, 0.2) is 0 Å². The molecule has 0 heterocycles. The van der Waals surface area contributed by atoms with Crippen molar-refractivity contribution in [1.82, 2.24) is 10.0 Å². The molecule has 2 aromatic carbocycles. The average molecular weight is 377 g/mol. The van der Waals surface area contributed by atoms with Gasteiger partial charge in [0, 0.05) is 29.3 Å². The van der Waals surface area contributed by atoms with Crippen LogP contribution in [0.1, 0.15) is 10.4 Å². The van der Waals surface area contributed by atoms with Crippen LogP contribution >= 0.6 is 11.8 Å². The third-order valence-corrected chi connectivity index (χ3v) is 5.70. The number of carbonyl (C=O) groups is 1. The highest BCUT2D eigenvalue weighted by molar-refractivity contribution is 7.99. The summed E-state index contributed by atoms with van der Waals surface area (Å²) in [6.45, 7) is 4.15. The van der Waals surface area contributed by atoms with Crippen molar-refractivity contribution in [3.8, 4) is 0 Å². The number of sulfonamides is 1. The molecular weight excluding hydrogens is 356 g/mol. The van der Waals surface area contributed by atoms with Crippen molar-refractivity contribution in [2.75, 3.05) is 18.8 Å².